The number of hydrogen-bond donors (Lipinski definition) is 2. The SMILES string of the molecule is O=S(=O)(CCC(S)S)O[SiH3].[H-].[Na+]. The Kier molecular flexibility index (Phi) is 10.1. The van der Waals surface area contributed by atoms with Gasteiger partial charge in [-0.1, -0.05) is 0 Å². The molecule has 0 atom stereocenters. The summed E-state index contributed by atoms with van der Waals surface area (Å²) in [5.74, 6) is 0.00810. The summed E-state index contributed by atoms with van der Waals surface area (Å²) in [7, 11) is -3.03. The molecular weight excluding hydrogens is 231 g/mol. The van der Waals surface area contributed by atoms with Crippen molar-refractivity contribution in [2.75, 3.05) is 5.75 Å². The smallest absolute Gasteiger partial charge is 1.00 e. The molecule has 3 nitrogen and oxygen atoms in total. The summed E-state index contributed by atoms with van der Waals surface area (Å²) < 4.78 is 25.4. The van der Waals surface area contributed by atoms with Crippen molar-refractivity contribution in [1.29, 1.82) is 0 Å². The van der Waals surface area contributed by atoms with Crippen LogP contribution in [0.25, 0.3) is 0 Å². The van der Waals surface area contributed by atoms with Crippen LogP contribution in [0.1, 0.15) is 7.85 Å². The van der Waals surface area contributed by atoms with Crippen molar-refractivity contribution >= 4 is 45.9 Å². The monoisotopic (exact) mass is 242 g/mol. The van der Waals surface area contributed by atoms with Crippen LogP contribution in [-0.4, -0.2) is 29.2 Å². The fraction of sp³-hybridized carbons (Fsp3) is 1.00. The maximum atomic E-state index is 10.6. The van der Waals surface area contributed by atoms with E-state index in [0.29, 0.717) is 6.42 Å². The quantitative estimate of drug-likeness (QED) is 0.303. The minimum Gasteiger partial charge on any atom is -1.00 e. The molecule has 0 aromatic heterocycles. The molecular formula is C3H11NaO3S3Si. The minimum atomic E-state index is -3.25. The van der Waals surface area contributed by atoms with E-state index in [2.05, 4.69) is 29.1 Å². The van der Waals surface area contributed by atoms with Crippen LogP contribution in [0, 0.1) is 0 Å². The van der Waals surface area contributed by atoms with Crippen molar-refractivity contribution in [1.82, 2.24) is 0 Å². The van der Waals surface area contributed by atoms with Gasteiger partial charge in [0.15, 0.2) is 10.5 Å². The van der Waals surface area contributed by atoms with E-state index in [-0.39, 0.29) is 51.8 Å². The fourth-order valence-electron chi connectivity index (χ4n) is 0.333. The second-order valence-electron chi connectivity index (χ2n) is 1.70. The summed E-state index contributed by atoms with van der Waals surface area (Å²) in [4.78, 5) is 0. The molecule has 0 aliphatic rings. The molecule has 0 unspecified atom stereocenters. The van der Waals surface area contributed by atoms with Crippen LogP contribution in [0.15, 0.2) is 0 Å². The molecule has 8 heteroatoms. The van der Waals surface area contributed by atoms with E-state index in [9.17, 15) is 8.42 Å². The zero-order chi connectivity index (χ0) is 8.20. The van der Waals surface area contributed by atoms with Gasteiger partial charge in [-0.05, 0) is 6.42 Å². The van der Waals surface area contributed by atoms with Gasteiger partial charge in [-0.25, -0.2) is 8.42 Å². The van der Waals surface area contributed by atoms with E-state index in [4.69, 9.17) is 0 Å². The van der Waals surface area contributed by atoms with E-state index in [1.807, 2.05) is 0 Å². The van der Waals surface area contributed by atoms with Crippen molar-refractivity contribution in [2.45, 2.75) is 11.0 Å². The Bertz CT molecular complexity index is 185. The minimum absolute atomic E-state index is 0. The van der Waals surface area contributed by atoms with E-state index < -0.39 is 10.1 Å². The molecule has 0 amide bonds. The number of rotatable bonds is 4. The van der Waals surface area contributed by atoms with Crippen molar-refractivity contribution in [3.05, 3.63) is 0 Å². The molecule has 0 saturated carbocycles. The molecule has 0 aromatic carbocycles. The number of hydrogen-bond acceptors (Lipinski definition) is 5. The Balaban J connectivity index is -0.000000405. The Labute approximate surface area is 105 Å². The molecule has 0 fully saturated rings. The van der Waals surface area contributed by atoms with Gasteiger partial charge in [0.25, 0.3) is 10.1 Å². The van der Waals surface area contributed by atoms with Gasteiger partial charge in [-0.15, -0.1) is 0 Å². The van der Waals surface area contributed by atoms with E-state index >= 15 is 0 Å². The molecule has 11 heavy (non-hydrogen) atoms. The van der Waals surface area contributed by atoms with Crippen LogP contribution in [0.2, 0.25) is 0 Å². The predicted octanol–water partition coefficient (Wildman–Crippen LogP) is -3.69. The fourth-order valence-corrected chi connectivity index (χ4v) is 2.13. The summed E-state index contributed by atoms with van der Waals surface area (Å²) >= 11 is 7.81. The van der Waals surface area contributed by atoms with Gasteiger partial charge < -0.3 is 5.30 Å². The summed E-state index contributed by atoms with van der Waals surface area (Å²) in [6.45, 7) is 0. The predicted molar refractivity (Wildman–Crippen MR) is 52.3 cm³/mol. The van der Waals surface area contributed by atoms with Gasteiger partial charge >= 0.3 is 29.6 Å². The van der Waals surface area contributed by atoms with E-state index in [0.717, 1.165) is 0 Å². The maximum Gasteiger partial charge on any atom is 1.00 e. The normalized spacial score (nSPS) is 11.5. The summed E-state index contributed by atoms with van der Waals surface area (Å²) in [6, 6.07) is 0. The molecule has 0 bridgehead atoms. The van der Waals surface area contributed by atoms with Gasteiger partial charge in [0.1, 0.15) is 0 Å². The van der Waals surface area contributed by atoms with Crippen molar-refractivity contribution in [2.24, 2.45) is 0 Å². The van der Waals surface area contributed by atoms with Gasteiger partial charge in [0.05, 0.1) is 5.75 Å². The standard InChI is InChI=1S/C3H10O3S3Si.Na.H/c4-9(5,6-10)2-1-3(7)8;;/h3,7-8H,1-2H2,10H3;;/q;+1;-1. The zero-order valence-corrected chi connectivity index (χ0v) is 13.1. The zero-order valence-electron chi connectivity index (χ0n) is 7.52. The molecule has 0 heterocycles. The molecule has 0 spiro atoms. The average molecular weight is 242 g/mol. The van der Waals surface area contributed by atoms with Crippen LogP contribution in [0.3, 0.4) is 0 Å². The maximum absolute atomic E-state index is 10.6. The van der Waals surface area contributed by atoms with Crippen molar-refractivity contribution < 1.29 is 43.3 Å². The molecule has 0 aromatic rings. The third-order valence-corrected chi connectivity index (χ3v) is 4.16. The summed E-state index contributed by atoms with van der Waals surface area (Å²) in [5, 5.41) is 0. The average Bonchev–Trinajstić information content (AvgIpc) is 1.85. The van der Waals surface area contributed by atoms with Gasteiger partial charge in [-0.2, -0.15) is 25.3 Å². The van der Waals surface area contributed by atoms with E-state index in [1.54, 1.807) is 0 Å². The molecule has 0 radical (unpaired) electrons. The van der Waals surface area contributed by atoms with Crippen molar-refractivity contribution in [3.63, 3.8) is 0 Å². The van der Waals surface area contributed by atoms with Gasteiger partial charge in [0, 0.05) is 4.58 Å². The first-order valence-corrected chi connectivity index (χ1v) is 6.05. The molecule has 0 rings (SSSR count). The largest absolute Gasteiger partial charge is 1.00 e. The second kappa shape index (κ2) is 7.25. The van der Waals surface area contributed by atoms with E-state index in [1.165, 1.54) is 0 Å². The van der Waals surface area contributed by atoms with Crippen LogP contribution in [0.5, 0.6) is 0 Å². The summed E-state index contributed by atoms with van der Waals surface area (Å²) in [6.07, 6.45) is 0.413. The molecule has 0 aliphatic carbocycles. The van der Waals surface area contributed by atoms with Gasteiger partial charge in [-0.3, -0.25) is 0 Å². The second-order valence-corrected chi connectivity index (χ2v) is 6.21. The van der Waals surface area contributed by atoms with Crippen LogP contribution >= 0.6 is 25.3 Å². The Morgan fingerprint density at radius 3 is 2.27 bits per heavy atom. The van der Waals surface area contributed by atoms with Crippen LogP contribution in [0.4, 0.5) is 0 Å². The van der Waals surface area contributed by atoms with Gasteiger partial charge in [0.2, 0.25) is 0 Å². The third-order valence-electron chi connectivity index (χ3n) is 0.880. The first-order valence-electron chi connectivity index (χ1n) is 2.62. The van der Waals surface area contributed by atoms with Crippen LogP contribution < -0.4 is 29.6 Å². The Morgan fingerprint density at radius 2 is 2.00 bits per heavy atom. The Morgan fingerprint density at radius 1 is 1.55 bits per heavy atom. The topological polar surface area (TPSA) is 43.4 Å². The first-order chi connectivity index (χ1) is 4.48. The van der Waals surface area contributed by atoms with Crippen molar-refractivity contribution in [3.8, 4) is 0 Å². The van der Waals surface area contributed by atoms with Crippen LogP contribution in [-0.2, 0) is 14.0 Å². The molecule has 0 saturated heterocycles. The third kappa shape index (κ3) is 9.74. The first kappa shape index (κ1) is 15.3. The molecule has 0 aliphatic heterocycles. The summed E-state index contributed by atoms with van der Waals surface area (Å²) in [5.41, 5.74) is 0. The Hall–Kier alpha value is 1.83. The molecule has 64 valence electrons. The number of thiol groups is 2. The molecule has 0 N–H and O–H groups in total.